The number of carbonyl (C=O) groups is 2. The van der Waals surface area contributed by atoms with Crippen LogP contribution in [0.3, 0.4) is 0 Å². The second kappa shape index (κ2) is 7.30. The first kappa shape index (κ1) is 18.1. The van der Waals surface area contributed by atoms with Gasteiger partial charge >= 0.3 is 0 Å². The number of benzene rings is 2. The highest BCUT2D eigenvalue weighted by molar-refractivity contribution is 6.10. The maximum Gasteiger partial charge on any atom is 0.264 e. The topological polar surface area (TPSA) is 66.8 Å². The zero-order chi connectivity index (χ0) is 18.7. The zero-order valence-electron chi connectivity index (χ0n) is 15.1. The summed E-state index contributed by atoms with van der Waals surface area (Å²) >= 11 is 0. The SMILES string of the molecule is CCCCN1C(=O)[C@](O)(CC(=O)c2cccc(OC)c2)c2ccccc21. The number of unbranched alkanes of at least 4 members (excludes halogenated alkanes) is 1. The number of hydrogen-bond donors (Lipinski definition) is 1. The Morgan fingerprint density at radius 2 is 1.96 bits per heavy atom. The number of ether oxygens (including phenoxy) is 1. The fourth-order valence-corrected chi connectivity index (χ4v) is 3.35. The molecule has 1 atom stereocenters. The molecule has 5 heteroatoms. The number of fused-ring (bicyclic) bond motifs is 1. The molecule has 0 saturated carbocycles. The molecular formula is C21H23NO4. The number of methoxy groups -OCH3 is 1. The highest BCUT2D eigenvalue weighted by Crippen LogP contribution is 2.43. The van der Waals surface area contributed by atoms with E-state index in [0.717, 1.165) is 12.8 Å². The third-order valence-electron chi connectivity index (χ3n) is 4.78. The van der Waals surface area contributed by atoms with Crippen LogP contribution in [-0.4, -0.2) is 30.5 Å². The number of hydrogen-bond acceptors (Lipinski definition) is 4. The van der Waals surface area contributed by atoms with Gasteiger partial charge in [-0.1, -0.05) is 43.7 Å². The van der Waals surface area contributed by atoms with Crippen LogP contribution in [0.25, 0.3) is 0 Å². The summed E-state index contributed by atoms with van der Waals surface area (Å²) in [5, 5.41) is 11.2. The van der Waals surface area contributed by atoms with E-state index in [2.05, 4.69) is 0 Å². The van der Waals surface area contributed by atoms with Gasteiger partial charge in [0.05, 0.1) is 19.2 Å². The van der Waals surface area contributed by atoms with Crippen molar-refractivity contribution in [1.29, 1.82) is 0 Å². The van der Waals surface area contributed by atoms with Gasteiger partial charge in [0.1, 0.15) is 5.75 Å². The quantitative estimate of drug-likeness (QED) is 0.776. The number of carbonyl (C=O) groups excluding carboxylic acids is 2. The lowest BCUT2D eigenvalue weighted by molar-refractivity contribution is -0.135. The summed E-state index contributed by atoms with van der Waals surface area (Å²) < 4.78 is 5.15. The van der Waals surface area contributed by atoms with E-state index >= 15 is 0 Å². The van der Waals surface area contributed by atoms with Crippen molar-refractivity contribution >= 4 is 17.4 Å². The summed E-state index contributed by atoms with van der Waals surface area (Å²) in [6.07, 6.45) is 1.48. The fourth-order valence-electron chi connectivity index (χ4n) is 3.35. The molecule has 3 rings (SSSR count). The van der Waals surface area contributed by atoms with E-state index in [4.69, 9.17) is 4.74 Å². The third-order valence-corrected chi connectivity index (χ3v) is 4.78. The predicted octanol–water partition coefficient (Wildman–Crippen LogP) is 3.30. The van der Waals surface area contributed by atoms with Crippen LogP contribution in [0.4, 0.5) is 5.69 Å². The molecule has 26 heavy (non-hydrogen) atoms. The monoisotopic (exact) mass is 353 g/mol. The molecule has 2 aromatic carbocycles. The third kappa shape index (κ3) is 3.10. The van der Waals surface area contributed by atoms with E-state index in [1.807, 2.05) is 19.1 Å². The van der Waals surface area contributed by atoms with Gasteiger partial charge in [0.15, 0.2) is 11.4 Å². The van der Waals surface area contributed by atoms with Crippen LogP contribution < -0.4 is 9.64 Å². The van der Waals surface area contributed by atoms with Gasteiger partial charge in [-0.15, -0.1) is 0 Å². The van der Waals surface area contributed by atoms with E-state index in [0.29, 0.717) is 29.1 Å². The van der Waals surface area contributed by atoms with Crippen LogP contribution >= 0.6 is 0 Å². The average Bonchev–Trinajstić information content (AvgIpc) is 2.88. The molecule has 136 valence electrons. The highest BCUT2D eigenvalue weighted by Gasteiger charge is 2.50. The number of Topliss-reactive ketones (excluding diaryl/α,β-unsaturated/α-hetero) is 1. The normalized spacial score (nSPS) is 18.7. The number of nitrogens with zero attached hydrogens (tertiary/aromatic N) is 1. The predicted molar refractivity (Wildman–Crippen MR) is 99.5 cm³/mol. The van der Waals surface area contributed by atoms with E-state index in [9.17, 15) is 14.7 Å². The van der Waals surface area contributed by atoms with Crippen molar-refractivity contribution in [3.8, 4) is 5.75 Å². The lowest BCUT2D eigenvalue weighted by Gasteiger charge is -2.22. The molecule has 0 aliphatic carbocycles. The Balaban J connectivity index is 1.92. The Morgan fingerprint density at radius 3 is 2.69 bits per heavy atom. The molecule has 1 amide bonds. The van der Waals surface area contributed by atoms with Crippen molar-refractivity contribution in [3.05, 3.63) is 59.7 Å². The van der Waals surface area contributed by atoms with Crippen molar-refractivity contribution in [3.63, 3.8) is 0 Å². The van der Waals surface area contributed by atoms with Gasteiger partial charge in [0.25, 0.3) is 5.91 Å². The molecule has 5 nitrogen and oxygen atoms in total. The maximum absolute atomic E-state index is 13.0. The van der Waals surface area contributed by atoms with E-state index < -0.39 is 11.5 Å². The van der Waals surface area contributed by atoms with Gasteiger partial charge in [0, 0.05) is 17.7 Å². The van der Waals surface area contributed by atoms with Gasteiger partial charge in [-0.05, 0) is 24.6 Å². The molecule has 1 heterocycles. The molecule has 2 aromatic rings. The number of amides is 1. The molecule has 0 fully saturated rings. The average molecular weight is 353 g/mol. The minimum atomic E-state index is -1.83. The van der Waals surface area contributed by atoms with Crippen molar-refractivity contribution in [2.75, 3.05) is 18.6 Å². The lowest BCUT2D eigenvalue weighted by Crippen LogP contribution is -2.42. The van der Waals surface area contributed by atoms with Crippen molar-refractivity contribution in [2.45, 2.75) is 31.8 Å². The number of para-hydroxylation sites is 1. The van der Waals surface area contributed by atoms with Crippen LogP contribution in [0.15, 0.2) is 48.5 Å². The molecule has 0 aromatic heterocycles. The number of anilines is 1. The molecule has 0 unspecified atom stereocenters. The highest BCUT2D eigenvalue weighted by atomic mass is 16.5. The van der Waals surface area contributed by atoms with Crippen LogP contribution in [0.1, 0.15) is 42.1 Å². The smallest absolute Gasteiger partial charge is 0.264 e. The molecule has 0 spiro atoms. The Hall–Kier alpha value is -2.66. The van der Waals surface area contributed by atoms with Crippen LogP contribution in [0.5, 0.6) is 5.75 Å². The summed E-state index contributed by atoms with van der Waals surface area (Å²) in [6, 6.07) is 13.9. The van der Waals surface area contributed by atoms with Crippen LogP contribution in [0, 0.1) is 0 Å². The lowest BCUT2D eigenvalue weighted by atomic mass is 9.88. The Kier molecular flexibility index (Phi) is 5.09. The van der Waals surface area contributed by atoms with Crippen LogP contribution in [-0.2, 0) is 10.4 Å². The van der Waals surface area contributed by atoms with Crippen molar-refractivity contribution < 1.29 is 19.4 Å². The number of aliphatic hydroxyl groups is 1. The summed E-state index contributed by atoms with van der Waals surface area (Å²) in [4.78, 5) is 27.3. The molecule has 0 bridgehead atoms. The second-order valence-electron chi connectivity index (χ2n) is 6.52. The van der Waals surface area contributed by atoms with E-state index in [1.165, 1.54) is 7.11 Å². The first-order valence-electron chi connectivity index (χ1n) is 8.82. The standard InChI is InChI=1S/C21H23NO4/c1-3-4-12-22-18-11-6-5-10-17(18)21(25,20(22)24)14-19(23)15-8-7-9-16(13-15)26-2/h5-11,13,25H,3-4,12,14H2,1-2H3/t21-/m0/s1. The summed E-state index contributed by atoms with van der Waals surface area (Å²) in [5.74, 6) is -0.166. The molecule has 0 saturated heterocycles. The molecule has 1 aliphatic rings. The van der Waals surface area contributed by atoms with Gasteiger partial charge in [0.2, 0.25) is 0 Å². The van der Waals surface area contributed by atoms with Gasteiger partial charge < -0.3 is 14.7 Å². The Bertz CT molecular complexity index is 832. The van der Waals surface area contributed by atoms with E-state index in [-0.39, 0.29) is 12.2 Å². The van der Waals surface area contributed by atoms with Gasteiger partial charge in [-0.3, -0.25) is 9.59 Å². The number of ketones is 1. The summed E-state index contributed by atoms with van der Waals surface area (Å²) in [6.45, 7) is 2.58. The number of rotatable bonds is 7. The Labute approximate surface area is 153 Å². The van der Waals surface area contributed by atoms with Crippen molar-refractivity contribution in [1.82, 2.24) is 0 Å². The first-order chi connectivity index (χ1) is 12.5. The van der Waals surface area contributed by atoms with Gasteiger partial charge in [-0.2, -0.15) is 0 Å². The zero-order valence-corrected chi connectivity index (χ0v) is 15.1. The fraction of sp³-hybridized carbons (Fsp3) is 0.333. The first-order valence-corrected chi connectivity index (χ1v) is 8.82. The maximum atomic E-state index is 13.0. The van der Waals surface area contributed by atoms with E-state index in [1.54, 1.807) is 41.3 Å². The minimum absolute atomic E-state index is 0.293. The van der Waals surface area contributed by atoms with Crippen LogP contribution in [0.2, 0.25) is 0 Å². The minimum Gasteiger partial charge on any atom is -0.497 e. The Morgan fingerprint density at radius 1 is 1.19 bits per heavy atom. The second-order valence-corrected chi connectivity index (χ2v) is 6.52. The molecule has 1 N–H and O–H groups in total. The molecule has 1 aliphatic heterocycles. The van der Waals surface area contributed by atoms with Crippen molar-refractivity contribution in [2.24, 2.45) is 0 Å². The summed E-state index contributed by atoms with van der Waals surface area (Å²) in [7, 11) is 1.53. The molecular weight excluding hydrogens is 330 g/mol. The van der Waals surface area contributed by atoms with Gasteiger partial charge in [-0.25, -0.2) is 0 Å². The largest absolute Gasteiger partial charge is 0.497 e. The summed E-state index contributed by atoms with van der Waals surface area (Å²) in [5.41, 5.74) is -0.232. The molecule has 0 radical (unpaired) electrons.